The fourth-order valence-electron chi connectivity index (χ4n) is 6.98. The van der Waals surface area contributed by atoms with Gasteiger partial charge in [0, 0.05) is 12.8 Å². The van der Waals surface area contributed by atoms with Crippen molar-refractivity contribution in [1.82, 2.24) is 0 Å². The molecule has 0 bridgehead atoms. The zero-order valence-electron chi connectivity index (χ0n) is 13.3. The molecule has 0 aromatic heterocycles. The molecule has 110 valence electrons. The maximum absolute atomic E-state index is 3.46. The Labute approximate surface area is 125 Å². The molecule has 3 saturated carbocycles. The van der Waals surface area contributed by atoms with Crippen LogP contribution < -0.4 is 0 Å². The predicted molar refractivity (Wildman–Crippen MR) is 84.1 cm³/mol. The molecule has 0 aromatic carbocycles. The minimum absolute atomic E-state index is 0.698. The predicted octanol–water partition coefficient (Wildman–Crippen LogP) is 5.28. The van der Waals surface area contributed by atoms with Gasteiger partial charge in [0.1, 0.15) is 0 Å². The Hall–Kier alpha value is -0.440. The van der Waals surface area contributed by atoms with Gasteiger partial charge in [-0.1, -0.05) is 20.3 Å². The summed E-state index contributed by atoms with van der Waals surface area (Å²) >= 11 is 0. The van der Waals surface area contributed by atoms with Crippen molar-refractivity contribution >= 4 is 0 Å². The third-order valence-corrected chi connectivity index (χ3v) is 8.03. The summed E-state index contributed by atoms with van der Waals surface area (Å²) in [5.74, 6) is 13.0. The molecule has 4 aliphatic carbocycles. The van der Waals surface area contributed by atoms with Crippen molar-refractivity contribution in [3.05, 3.63) is 0 Å². The standard InChI is InChI=1S/C20H30/c1-3-15-9-11-19-18-10-8-14-6-4-5-7-16(14)17(18)12-13-20(15,19)2/h14-19H,3,6-13H2,1-2H3/t14?,15-,16-,17+,18+,19-,20+/m0/s1. The highest BCUT2D eigenvalue weighted by Gasteiger charge is 2.55. The van der Waals surface area contributed by atoms with Crippen molar-refractivity contribution < 1.29 is 0 Å². The topological polar surface area (TPSA) is 0 Å². The second-order valence-electron chi connectivity index (χ2n) is 8.42. The van der Waals surface area contributed by atoms with Crippen LogP contribution in [0.1, 0.15) is 71.6 Å². The summed E-state index contributed by atoms with van der Waals surface area (Å²) in [4.78, 5) is 0. The van der Waals surface area contributed by atoms with Crippen molar-refractivity contribution in [2.45, 2.75) is 71.6 Å². The Kier molecular flexibility index (Phi) is 3.17. The van der Waals surface area contributed by atoms with Crippen LogP contribution in [0.25, 0.3) is 0 Å². The Balaban J connectivity index is 1.60. The summed E-state index contributed by atoms with van der Waals surface area (Å²) in [5, 5.41) is 0. The van der Waals surface area contributed by atoms with Gasteiger partial charge in [0.05, 0.1) is 0 Å². The molecule has 0 radical (unpaired) electrons. The second-order valence-corrected chi connectivity index (χ2v) is 8.42. The van der Waals surface area contributed by atoms with Crippen molar-refractivity contribution in [2.75, 3.05) is 0 Å². The van der Waals surface area contributed by atoms with Crippen molar-refractivity contribution in [1.29, 1.82) is 0 Å². The first kappa shape index (κ1) is 13.2. The molecule has 0 spiro atoms. The maximum Gasteiger partial charge on any atom is 0.0123 e. The average Bonchev–Trinajstić information content (AvgIpc) is 2.83. The first-order valence-electron chi connectivity index (χ1n) is 9.19. The van der Waals surface area contributed by atoms with E-state index in [0.717, 1.165) is 35.5 Å². The first-order chi connectivity index (χ1) is 9.74. The molecule has 20 heavy (non-hydrogen) atoms. The largest absolute Gasteiger partial charge is 0.103 e. The van der Waals surface area contributed by atoms with Crippen LogP contribution in [-0.2, 0) is 0 Å². The van der Waals surface area contributed by atoms with E-state index in [-0.39, 0.29) is 0 Å². The summed E-state index contributed by atoms with van der Waals surface area (Å²) in [5.41, 5.74) is 0.698. The fraction of sp³-hybridized carbons (Fsp3) is 0.900. The monoisotopic (exact) mass is 270 g/mol. The minimum Gasteiger partial charge on any atom is -0.103 e. The highest BCUT2D eigenvalue weighted by molar-refractivity contribution is 5.12. The molecule has 0 heterocycles. The Morgan fingerprint density at radius 3 is 2.60 bits per heavy atom. The van der Waals surface area contributed by atoms with E-state index in [2.05, 4.69) is 25.7 Å². The van der Waals surface area contributed by atoms with Gasteiger partial charge in [0.15, 0.2) is 0 Å². The number of fused-ring (bicyclic) bond motifs is 5. The zero-order chi connectivity index (χ0) is 13.7. The van der Waals surface area contributed by atoms with Crippen LogP contribution in [0.3, 0.4) is 0 Å². The molecule has 0 aliphatic heterocycles. The summed E-state index contributed by atoms with van der Waals surface area (Å²) in [6.45, 7) is 5.08. The van der Waals surface area contributed by atoms with Crippen LogP contribution in [0.4, 0.5) is 0 Å². The second kappa shape index (κ2) is 4.79. The van der Waals surface area contributed by atoms with Gasteiger partial charge < -0.3 is 0 Å². The maximum atomic E-state index is 3.46. The lowest BCUT2D eigenvalue weighted by Gasteiger charge is -2.54. The molecule has 3 fully saturated rings. The van der Waals surface area contributed by atoms with E-state index < -0.39 is 0 Å². The van der Waals surface area contributed by atoms with Gasteiger partial charge in [-0.05, 0) is 79.4 Å². The van der Waals surface area contributed by atoms with E-state index in [1.165, 1.54) is 51.4 Å². The molecule has 0 amide bonds. The van der Waals surface area contributed by atoms with Gasteiger partial charge in [-0.15, -0.1) is 11.8 Å². The van der Waals surface area contributed by atoms with E-state index in [1.807, 2.05) is 0 Å². The SMILES string of the molecule is CC[C@H]1CC[C@H]2[C@@H]3CCC4CC#CC[C@@H]4[C@H]3CC[C@]12C. The zero-order valence-corrected chi connectivity index (χ0v) is 13.3. The van der Waals surface area contributed by atoms with Crippen LogP contribution in [0, 0.1) is 52.8 Å². The summed E-state index contributed by atoms with van der Waals surface area (Å²) in [6.07, 6.45) is 13.0. The van der Waals surface area contributed by atoms with Crippen LogP contribution >= 0.6 is 0 Å². The van der Waals surface area contributed by atoms with E-state index in [0.29, 0.717) is 5.41 Å². The molecule has 0 heteroatoms. The van der Waals surface area contributed by atoms with Crippen molar-refractivity contribution in [3.8, 4) is 11.8 Å². The van der Waals surface area contributed by atoms with Crippen molar-refractivity contribution in [2.24, 2.45) is 40.9 Å². The molecule has 0 nitrogen and oxygen atoms in total. The lowest BCUT2D eigenvalue weighted by Crippen LogP contribution is -2.47. The molecule has 0 N–H and O–H groups in total. The van der Waals surface area contributed by atoms with E-state index in [1.54, 1.807) is 6.42 Å². The van der Waals surface area contributed by atoms with Crippen molar-refractivity contribution in [3.63, 3.8) is 0 Å². The Bertz CT molecular complexity index is 439. The smallest absolute Gasteiger partial charge is 0.0123 e. The van der Waals surface area contributed by atoms with Crippen LogP contribution in [-0.4, -0.2) is 0 Å². The van der Waals surface area contributed by atoms with Gasteiger partial charge >= 0.3 is 0 Å². The number of hydrogen-bond donors (Lipinski definition) is 0. The van der Waals surface area contributed by atoms with Gasteiger partial charge in [0.2, 0.25) is 0 Å². The van der Waals surface area contributed by atoms with Gasteiger partial charge in [-0.25, -0.2) is 0 Å². The quantitative estimate of drug-likeness (QED) is 0.569. The molecular weight excluding hydrogens is 240 g/mol. The molecule has 0 aromatic rings. The fourth-order valence-corrected chi connectivity index (χ4v) is 6.98. The van der Waals surface area contributed by atoms with Crippen LogP contribution in [0.5, 0.6) is 0 Å². The number of rotatable bonds is 1. The highest BCUT2D eigenvalue weighted by atomic mass is 14.6. The first-order valence-corrected chi connectivity index (χ1v) is 9.19. The van der Waals surface area contributed by atoms with Gasteiger partial charge in [-0.3, -0.25) is 0 Å². The molecular formula is C20H30. The van der Waals surface area contributed by atoms with Crippen LogP contribution in [0.2, 0.25) is 0 Å². The molecule has 4 aliphatic rings. The Morgan fingerprint density at radius 1 is 0.900 bits per heavy atom. The van der Waals surface area contributed by atoms with Gasteiger partial charge in [-0.2, -0.15) is 0 Å². The highest BCUT2D eigenvalue weighted by Crippen LogP contribution is 2.64. The summed E-state index contributed by atoms with van der Waals surface area (Å²) in [7, 11) is 0. The molecule has 7 atom stereocenters. The van der Waals surface area contributed by atoms with Crippen LogP contribution in [0.15, 0.2) is 0 Å². The molecule has 4 rings (SSSR count). The van der Waals surface area contributed by atoms with E-state index in [9.17, 15) is 0 Å². The van der Waals surface area contributed by atoms with E-state index in [4.69, 9.17) is 0 Å². The third kappa shape index (κ3) is 1.74. The number of hydrogen-bond acceptors (Lipinski definition) is 0. The lowest BCUT2D eigenvalue weighted by atomic mass is 9.50. The normalized spacial score (nSPS) is 53.3. The minimum atomic E-state index is 0.698. The average molecular weight is 270 g/mol. The Morgan fingerprint density at radius 2 is 1.75 bits per heavy atom. The summed E-state index contributed by atoms with van der Waals surface area (Å²) < 4.78 is 0. The van der Waals surface area contributed by atoms with E-state index >= 15 is 0 Å². The van der Waals surface area contributed by atoms with Gasteiger partial charge in [0.25, 0.3) is 0 Å². The molecule has 0 saturated heterocycles. The molecule has 1 unspecified atom stereocenters. The third-order valence-electron chi connectivity index (χ3n) is 8.03. The lowest BCUT2D eigenvalue weighted by molar-refractivity contribution is -0.0509. The summed E-state index contributed by atoms with van der Waals surface area (Å²) in [6, 6.07) is 0.